The van der Waals surface area contributed by atoms with Crippen molar-refractivity contribution in [2.45, 2.75) is 31.8 Å². The SMILES string of the molecule is Cc1ccc(NS(=O)(=O)c2ccc(NC(=O)[C@H](C)Oc3ccc([N+](=O)[O-])cc3)cc2)cc1C. The molecule has 0 spiro atoms. The van der Waals surface area contributed by atoms with E-state index in [9.17, 15) is 23.3 Å². The van der Waals surface area contributed by atoms with Crippen LogP contribution in [0.15, 0.2) is 71.6 Å². The number of rotatable bonds is 8. The molecule has 10 heteroatoms. The fraction of sp³-hybridized carbons (Fsp3) is 0.174. The van der Waals surface area contributed by atoms with Crippen LogP contribution in [-0.2, 0) is 14.8 Å². The van der Waals surface area contributed by atoms with Gasteiger partial charge < -0.3 is 10.1 Å². The summed E-state index contributed by atoms with van der Waals surface area (Å²) in [5.74, 6) is -0.153. The molecule has 1 atom stereocenters. The van der Waals surface area contributed by atoms with E-state index in [2.05, 4.69) is 10.0 Å². The van der Waals surface area contributed by atoms with Gasteiger partial charge in [0.15, 0.2) is 6.10 Å². The summed E-state index contributed by atoms with van der Waals surface area (Å²) in [6.45, 7) is 5.37. The van der Waals surface area contributed by atoms with Gasteiger partial charge in [-0.15, -0.1) is 0 Å². The molecule has 3 aromatic rings. The van der Waals surface area contributed by atoms with Gasteiger partial charge in [0.1, 0.15) is 5.75 Å². The first-order valence-electron chi connectivity index (χ1n) is 9.97. The molecular weight excluding hydrogens is 446 g/mol. The van der Waals surface area contributed by atoms with Crippen molar-refractivity contribution in [3.8, 4) is 5.75 Å². The van der Waals surface area contributed by atoms with E-state index in [1.165, 1.54) is 55.5 Å². The van der Waals surface area contributed by atoms with Crippen molar-refractivity contribution in [1.82, 2.24) is 0 Å². The van der Waals surface area contributed by atoms with Gasteiger partial charge in [-0.25, -0.2) is 8.42 Å². The van der Waals surface area contributed by atoms with Gasteiger partial charge in [0.25, 0.3) is 21.6 Å². The molecular formula is C23H23N3O6S. The number of sulfonamides is 1. The maximum atomic E-state index is 12.6. The Kier molecular flexibility index (Phi) is 6.98. The van der Waals surface area contributed by atoms with Gasteiger partial charge in [-0.05, 0) is 80.4 Å². The molecule has 2 N–H and O–H groups in total. The molecule has 0 saturated carbocycles. The Labute approximate surface area is 191 Å². The molecule has 0 unspecified atom stereocenters. The van der Waals surface area contributed by atoms with Gasteiger partial charge in [-0.1, -0.05) is 6.07 Å². The van der Waals surface area contributed by atoms with Crippen LogP contribution >= 0.6 is 0 Å². The van der Waals surface area contributed by atoms with Crippen LogP contribution in [-0.4, -0.2) is 25.4 Å². The van der Waals surface area contributed by atoms with Crippen LogP contribution in [0.4, 0.5) is 17.1 Å². The first kappa shape index (κ1) is 23.7. The monoisotopic (exact) mass is 469 g/mol. The number of nitro benzene ring substituents is 1. The van der Waals surface area contributed by atoms with Gasteiger partial charge in [-0.2, -0.15) is 0 Å². The summed E-state index contributed by atoms with van der Waals surface area (Å²) in [6, 6.07) is 16.4. The van der Waals surface area contributed by atoms with Gasteiger partial charge in [0.05, 0.1) is 9.82 Å². The predicted octanol–water partition coefficient (Wildman–Crippen LogP) is 4.42. The summed E-state index contributed by atoms with van der Waals surface area (Å²) in [6.07, 6.45) is -0.888. The summed E-state index contributed by atoms with van der Waals surface area (Å²) >= 11 is 0. The van der Waals surface area contributed by atoms with E-state index in [-0.39, 0.29) is 10.6 Å². The molecule has 3 rings (SSSR count). The van der Waals surface area contributed by atoms with Crippen molar-refractivity contribution in [2.75, 3.05) is 10.0 Å². The summed E-state index contributed by atoms with van der Waals surface area (Å²) in [7, 11) is -3.79. The van der Waals surface area contributed by atoms with E-state index in [1.54, 1.807) is 12.1 Å². The molecule has 0 aromatic heterocycles. The Hall–Kier alpha value is -3.92. The lowest BCUT2D eigenvalue weighted by atomic mass is 10.1. The molecule has 0 aliphatic heterocycles. The fourth-order valence-electron chi connectivity index (χ4n) is 2.88. The third-order valence-corrected chi connectivity index (χ3v) is 6.32. The summed E-state index contributed by atoms with van der Waals surface area (Å²) in [5, 5.41) is 13.4. The average molecular weight is 470 g/mol. The summed E-state index contributed by atoms with van der Waals surface area (Å²) in [5.41, 5.74) is 2.81. The molecule has 0 bridgehead atoms. The van der Waals surface area contributed by atoms with Crippen LogP contribution in [0.3, 0.4) is 0 Å². The molecule has 0 aliphatic carbocycles. The van der Waals surface area contributed by atoms with E-state index in [1.807, 2.05) is 19.9 Å². The molecule has 33 heavy (non-hydrogen) atoms. The summed E-state index contributed by atoms with van der Waals surface area (Å²) in [4.78, 5) is 22.6. The van der Waals surface area contributed by atoms with Crippen molar-refractivity contribution >= 4 is 33.0 Å². The minimum atomic E-state index is -3.79. The second-order valence-corrected chi connectivity index (χ2v) is 9.11. The molecule has 0 radical (unpaired) electrons. The molecule has 0 fully saturated rings. The molecule has 1 amide bonds. The summed E-state index contributed by atoms with van der Waals surface area (Å²) < 4.78 is 33.3. The number of carbonyl (C=O) groups is 1. The number of aryl methyl sites for hydroxylation is 2. The Morgan fingerprint density at radius 2 is 1.55 bits per heavy atom. The number of nitrogens with zero attached hydrogens (tertiary/aromatic N) is 1. The van der Waals surface area contributed by atoms with Crippen molar-refractivity contribution in [3.63, 3.8) is 0 Å². The third-order valence-electron chi connectivity index (χ3n) is 4.92. The van der Waals surface area contributed by atoms with Crippen molar-refractivity contribution in [2.24, 2.45) is 0 Å². The topological polar surface area (TPSA) is 128 Å². The number of nitrogens with one attached hydrogen (secondary N) is 2. The van der Waals surface area contributed by atoms with Crippen molar-refractivity contribution < 1.29 is 22.9 Å². The van der Waals surface area contributed by atoms with Crippen LogP contribution in [0, 0.1) is 24.0 Å². The highest BCUT2D eigenvalue weighted by atomic mass is 32.2. The Morgan fingerprint density at radius 3 is 2.12 bits per heavy atom. The number of nitro groups is 1. The van der Waals surface area contributed by atoms with E-state index in [0.717, 1.165) is 11.1 Å². The zero-order chi connectivity index (χ0) is 24.2. The lowest BCUT2D eigenvalue weighted by molar-refractivity contribution is -0.384. The fourth-order valence-corrected chi connectivity index (χ4v) is 3.93. The third kappa shape index (κ3) is 6.07. The molecule has 0 saturated heterocycles. The van der Waals surface area contributed by atoms with E-state index in [4.69, 9.17) is 4.74 Å². The zero-order valence-electron chi connectivity index (χ0n) is 18.2. The van der Waals surface area contributed by atoms with E-state index in [0.29, 0.717) is 17.1 Å². The highest BCUT2D eigenvalue weighted by molar-refractivity contribution is 7.92. The number of hydrogen-bond donors (Lipinski definition) is 2. The Balaban J connectivity index is 1.62. The minimum absolute atomic E-state index is 0.0499. The van der Waals surface area contributed by atoms with Crippen LogP contribution in [0.5, 0.6) is 5.75 Å². The predicted molar refractivity (Wildman–Crippen MR) is 125 cm³/mol. The molecule has 0 heterocycles. The minimum Gasteiger partial charge on any atom is -0.481 e. The van der Waals surface area contributed by atoms with Crippen LogP contribution in [0.25, 0.3) is 0 Å². The van der Waals surface area contributed by atoms with Gasteiger partial charge in [0, 0.05) is 23.5 Å². The van der Waals surface area contributed by atoms with E-state index >= 15 is 0 Å². The van der Waals surface area contributed by atoms with Crippen molar-refractivity contribution in [1.29, 1.82) is 0 Å². The van der Waals surface area contributed by atoms with Gasteiger partial charge in [0.2, 0.25) is 0 Å². The number of benzene rings is 3. The van der Waals surface area contributed by atoms with E-state index < -0.39 is 27.0 Å². The second-order valence-electron chi connectivity index (χ2n) is 7.43. The molecule has 0 aliphatic rings. The largest absolute Gasteiger partial charge is 0.481 e. The maximum absolute atomic E-state index is 12.6. The Morgan fingerprint density at radius 1 is 0.939 bits per heavy atom. The van der Waals surface area contributed by atoms with Crippen molar-refractivity contribution in [3.05, 3.63) is 88.0 Å². The first-order valence-corrected chi connectivity index (χ1v) is 11.5. The first-order chi connectivity index (χ1) is 15.5. The molecule has 3 aromatic carbocycles. The van der Waals surface area contributed by atoms with Gasteiger partial charge in [-0.3, -0.25) is 19.6 Å². The van der Waals surface area contributed by atoms with Crippen LogP contribution < -0.4 is 14.8 Å². The zero-order valence-corrected chi connectivity index (χ0v) is 19.0. The lowest BCUT2D eigenvalue weighted by Crippen LogP contribution is -2.30. The number of amides is 1. The van der Waals surface area contributed by atoms with Crippen LogP contribution in [0.2, 0.25) is 0 Å². The molecule has 172 valence electrons. The van der Waals surface area contributed by atoms with Crippen LogP contribution in [0.1, 0.15) is 18.1 Å². The quantitative estimate of drug-likeness (QED) is 0.371. The number of non-ortho nitro benzene ring substituents is 1. The normalized spacial score (nSPS) is 12.0. The number of ether oxygens (including phenoxy) is 1. The number of anilines is 2. The van der Waals surface area contributed by atoms with Gasteiger partial charge >= 0.3 is 0 Å². The highest BCUT2D eigenvalue weighted by Crippen LogP contribution is 2.21. The lowest BCUT2D eigenvalue weighted by Gasteiger charge is -2.15. The molecule has 9 nitrogen and oxygen atoms in total. The second kappa shape index (κ2) is 9.70. The maximum Gasteiger partial charge on any atom is 0.269 e. The smallest absolute Gasteiger partial charge is 0.269 e. The number of carbonyl (C=O) groups excluding carboxylic acids is 1. The highest BCUT2D eigenvalue weighted by Gasteiger charge is 2.18. The standard InChI is InChI=1S/C23H23N3O6S/c1-15-4-5-19(14-16(15)2)25-33(30,31)22-12-6-18(7-13-22)24-23(27)17(3)32-21-10-8-20(9-11-21)26(28)29/h4-14,17,25H,1-3H3,(H,24,27)/t17-/m0/s1. The average Bonchev–Trinajstić information content (AvgIpc) is 2.77. The number of hydrogen-bond acceptors (Lipinski definition) is 6. The Bertz CT molecular complexity index is 1270.